The molecular formula is C14H19N5O2. The van der Waals surface area contributed by atoms with Gasteiger partial charge >= 0.3 is 5.97 Å². The molecule has 0 unspecified atom stereocenters. The van der Waals surface area contributed by atoms with Gasteiger partial charge in [-0.25, -0.2) is 9.78 Å². The Balaban J connectivity index is 2.00. The number of carbonyl (C=O) groups is 1. The van der Waals surface area contributed by atoms with Crippen molar-refractivity contribution in [2.45, 2.75) is 51.0 Å². The van der Waals surface area contributed by atoms with Crippen molar-refractivity contribution in [2.24, 2.45) is 0 Å². The van der Waals surface area contributed by atoms with Crippen LogP contribution in [0.1, 0.15) is 44.3 Å². The van der Waals surface area contributed by atoms with Gasteiger partial charge in [-0.3, -0.25) is 4.40 Å². The Hall–Kier alpha value is -2.18. The molecule has 2 heterocycles. The number of rotatable bonds is 3. The number of aryl methyl sites for hydroxylation is 1. The third kappa shape index (κ3) is 2.43. The van der Waals surface area contributed by atoms with Crippen LogP contribution in [-0.4, -0.2) is 36.2 Å². The van der Waals surface area contributed by atoms with Gasteiger partial charge in [0.05, 0.1) is 0 Å². The summed E-state index contributed by atoms with van der Waals surface area (Å²) in [6, 6.07) is 0. The molecule has 0 aromatic carbocycles. The highest BCUT2D eigenvalue weighted by atomic mass is 16.4. The highest BCUT2D eigenvalue weighted by Gasteiger charge is 2.39. The fourth-order valence-electron chi connectivity index (χ4n) is 2.98. The number of anilines is 1. The van der Waals surface area contributed by atoms with Gasteiger partial charge in [-0.1, -0.05) is 25.7 Å². The molecule has 0 radical (unpaired) electrons. The second-order valence-electron chi connectivity index (χ2n) is 5.64. The SMILES string of the molecule is Cc1nnc2c(NC3(C(=O)O)CCCCCC3)nccn12. The topological polar surface area (TPSA) is 92.4 Å². The van der Waals surface area contributed by atoms with E-state index in [2.05, 4.69) is 20.5 Å². The summed E-state index contributed by atoms with van der Waals surface area (Å²) >= 11 is 0. The Morgan fingerprint density at radius 3 is 2.67 bits per heavy atom. The lowest BCUT2D eigenvalue weighted by molar-refractivity contribution is -0.142. The number of nitrogens with one attached hydrogen (secondary N) is 1. The molecule has 21 heavy (non-hydrogen) atoms. The van der Waals surface area contributed by atoms with Gasteiger partial charge in [0.25, 0.3) is 0 Å². The van der Waals surface area contributed by atoms with Crippen LogP contribution < -0.4 is 5.32 Å². The maximum atomic E-state index is 11.8. The van der Waals surface area contributed by atoms with E-state index in [1.807, 2.05) is 11.3 Å². The molecule has 1 aliphatic carbocycles. The fourth-order valence-corrected chi connectivity index (χ4v) is 2.98. The number of aliphatic carboxylic acids is 1. The van der Waals surface area contributed by atoms with Gasteiger partial charge in [-0.05, 0) is 19.8 Å². The molecule has 0 amide bonds. The van der Waals surface area contributed by atoms with Crippen LogP contribution in [0.2, 0.25) is 0 Å². The molecule has 2 aromatic rings. The third-order valence-electron chi connectivity index (χ3n) is 4.22. The number of carboxylic acids is 1. The average molecular weight is 289 g/mol. The van der Waals surface area contributed by atoms with Crippen LogP contribution in [0.3, 0.4) is 0 Å². The molecule has 2 N–H and O–H groups in total. The lowest BCUT2D eigenvalue weighted by atomic mass is 9.90. The van der Waals surface area contributed by atoms with Crippen molar-refractivity contribution in [3.05, 3.63) is 18.2 Å². The molecule has 1 fully saturated rings. The summed E-state index contributed by atoms with van der Waals surface area (Å²) in [7, 11) is 0. The lowest BCUT2D eigenvalue weighted by Crippen LogP contribution is -2.46. The van der Waals surface area contributed by atoms with Crippen LogP contribution in [0.15, 0.2) is 12.4 Å². The highest BCUT2D eigenvalue weighted by Crippen LogP contribution is 2.31. The number of aromatic nitrogens is 4. The fraction of sp³-hybridized carbons (Fsp3) is 0.571. The van der Waals surface area contributed by atoms with Crippen molar-refractivity contribution < 1.29 is 9.90 Å². The maximum absolute atomic E-state index is 11.8. The summed E-state index contributed by atoms with van der Waals surface area (Å²) in [5, 5.41) is 21.0. The van der Waals surface area contributed by atoms with Crippen molar-refractivity contribution in [3.63, 3.8) is 0 Å². The molecule has 0 atom stereocenters. The normalized spacial score (nSPS) is 18.3. The summed E-state index contributed by atoms with van der Waals surface area (Å²) in [5.41, 5.74) is -0.384. The number of carboxylic acid groups (broad SMARTS) is 1. The van der Waals surface area contributed by atoms with Crippen LogP contribution in [0, 0.1) is 6.92 Å². The van der Waals surface area contributed by atoms with Gasteiger partial charge in [0.1, 0.15) is 11.4 Å². The predicted octanol–water partition coefficient (Wildman–Crippen LogP) is 2.02. The molecule has 1 saturated carbocycles. The number of hydrogen-bond acceptors (Lipinski definition) is 5. The Morgan fingerprint density at radius 2 is 2.00 bits per heavy atom. The summed E-state index contributed by atoms with van der Waals surface area (Å²) in [6.07, 6.45) is 8.61. The minimum Gasteiger partial charge on any atom is -0.480 e. The van der Waals surface area contributed by atoms with E-state index in [1.54, 1.807) is 12.4 Å². The quantitative estimate of drug-likeness (QED) is 0.840. The van der Waals surface area contributed by atoms with Gasteiger partial charge in [0.2, 0.25) is 5.65 Å². The first-order valence-corrected chi connectivity index (χ1v) is 7.30. The van der Waals surface area contributed by atoms with E-state index in [9.17, 15) is 9.90 Å². The second-order valence-corrected chi connectivity index (χ2v) is 5.64. The monoisotopic (exact) mass is 289 g/mol. The average Bonchev–Trinajstić information content (AvgIpc) is 2.71. The Kier molecular flexibility index (Phi) is 3.48. The number of fused-ring (bicyclic) bond motifs is 1. The van der Waals surface area contributed by atoms with Crippen molar-refractivity contribution >= 4 is 17.4 Å². The van der Waals surface area contributed by atoms with Gasteiger partial charge < -0.3 is 10.4 Å². The lowest BCUT2D eigenvalue weighted by Gasteiger charge is -2.29. The van der Waals surface area contributed by atoms with Gasteiger partial charge in [0.15, 0.2) is 5.82 Å². The second kappa shape index (κ2) is 5.31. The molecule has 7 nitrogen and oxygen atoms in total. The smallest absolute Gasteiger partial charge is 0.329 e. The van der Waals surface area contributed by atoms with Gasteiger partial charge in [-0.2, -0.15) is 0 Å². The van der Waals surface area contributed by atoms with E-state index in [0.717, 1.165) is 31.5 Å². The molecule has 112 valence electrons. The summed E-state index contributed by atoms with van der Waals surface area (Å²) in [4.78, 5) is 16.1. The highest BCUT2D eigenvalue weighted by molar-refractivity contribution is 5.84. The molecular weight excluding hydrogens is 270 g/mol. The van der Waals surface area contributed by atoms with Crippen molar-refractivity contribution in [2.75, 3.05) is 5.32 Å². The Morgan fingerprint density at radius 1 is 1.29 bits per heavy atom. The number of nitrogens with zero attached hydrogens (tertiary/aromatic N) is 4. The molecule has 0 aliphatic heterocycles. The van der Waals surface area contributed by atoms with Gasteiger partial charge in [0, 0.05) is 12.4 Å². The first-order valence-electron chi connectivity index (χ1n) is 7.30. The first kappa shape index (κ1) is 13.8. The van der Waals surface area contributed by atoms with Gasteiger partial charge in [-0.15, -0.1) is 10.2 Å². The van der Waals surface area contributed by atoms with Crippen LogP contribution >= 0.6 is 0 Å². The molecule has 1 aliphatic rings. The minimum absolute atomic E-state index is 0.488. The zero-order valence-corrected chi connectivity index (χ0v) is 12.0. The van der Waals surface area contributed by atoms with E-state index in [1.165, 1.54) is 0 Å². The number of hydrogen-bond donors (Lipinski definition) is 2. The third-order valence-corrected chi connectivity index (χ3v) is 4.22. The largest absolute Gasteiger partial charge is 0.480 e. The van der Waals surface area contributed by atoms with Crippen molar-refractivity contribution in [1.82, 2.24) is 19.6 Å². The molecule has 0 spiro atoms. The summed E-state index contributed by atoms with van der Waals surface area (Å²) in [6.45, 7) is 1.85. The van der Waals surface area contributed by atoms with Crippen molar-refractivity contribution in [3.8, 4) is 0 Å². The predicted molar refractivity (Wildman–Crippen MR) is 77.2 cm³/mol. The van der Waals surface area contributed by atoms with Crippen LogP contribution in [0.4, 0.5) is 5.82 Å². The Labute approximate surface area is 122 Å². The zero-order valence-electron chi connectivity index (χ0n) is 12.0. The Bertz CT molecular complexity index is 658. The van der Waals surface area contributed by atoms with E-state index >= 15 is 0 Å². The maximum Gasteiger partial charge on any atom is 0.329 e. The first-order chi connectivity index (χ1) is 10.1. The summed E-state index contributed by atoms with van der Waals surface area (Å²) < 4.78 is 1.81. The van der Waals surface area contributed by atoms with Crippen LogP contribution in [-0.2, 0) is 4.79 Å². The van der Waals surface area contributed by atoms with E-state index in [0.29, 0.717) is 24.3 Å². The van der Waals surface area contributed by atoms with Crippen LogP contribution in [0.25, 0.3) is 5.65 Å². The molecule has 0 bridgehead atoms. The molecule has 0 saturated heterocycles. The molecule has 2 aromatic heterocycles. The van der Waals surface area contributed by atoms with E-state index in [4.69, 9.17) is 0 Å². The van der Waals surface area contributed by atoms with Crippen molar-refractivity contribution in [1.29, 1.82) is 0 Å². The molecule has 3 rings (SSSR count). The zero-order chi connectivity index (χ0) is 14.9. The molecule has 7 heteroatoms. The minimum atomic E-state index is -0.953. The van der Waals surface area contributed by atoms with Crippen LogP contribution in [0.5, 0.6) is 0 Å². The van der Waals surface area contributed by atoms with E-state index in [-0.39, 0.29) is 0 Å². The standard InChI is InChI=1S/C14H19N5O2/c1-10-17-18-12-11(15-8-9-19(10)12)16-14(13(20)21)6-4-2-3-5-7-14/h8-9H,2-7H2,1H3,(H,15,16)(H,20,21). The summed E-state index contributed by atoms with van der Waals surface area (Å²) in [5.74, 6) is 0.424. The van der Waals surface area contributed by atoms with E-state index < -0.39 is 11.5 Å².